The summed E-state index contributed by atoms with van der Waals surface area (Å²) in [5.74, 6) is 0. The van der Waals surface area contributed by atoms with Gasteiger partial charge in [0.25, 0.3) is 0 Å². The summed E-state index contributed by atoms with van der Waals surface area (Å²) < 4.78 is 33.2. The van der Waals surface area contributed by atoms with Crippen molar-refractivity contribution in [3.63, 3.8) is 0 Å². The summed E-state index contributed by atoms with van der Waals surface area (Å²) in [5.41, 5.74) is 0. The Kier molecular flexibility index (Phi) is 8.40. The molecule has 0 aliphatic heterocycles. The zero-order chi connectivity index (χ0) is 9.44. The van der Waals surface area contributed by atoms with Crippen LogP contribution in [0.3, 0.4) is 0 Å². The number of hydrogen-bond donors (Lipinski definition) is 1. The van der Waals surface area contributed by atoms with Gasteiger partial charge in [0.1, 0.15) is 0 Å². The van der Waals surface area contributed by atoms with E-state index < -0.39 is 13.7 Å². The van der Waals surface area contributed by atoms with Crippen molar-refractivity contribution < 1.29 is 27.6 Å². The van der Waals surface area contributed by atoms with E-state index >= 15 is 0 Å². The maximum absolute atomic E-state index is 9.67. The second kappa shape index (κ2) is 7.23. The maximum Gasteiger partial charge on any atom is 0.762 e. The third kappa shape index (κ3) is 47.4. The van der Waals surface area contributed by atoms with E-state index in [4.69, 9.17) is 5.11 Å². The Labute approximate surface area is 62.4 Å². The fraction of sp³-hybridized carbons (Fsp3) is 0.750. The summed E-state index contributed by atoms with van der Waals surface area (Å²) in [4.78, 5) is 9.59. The quantitative estimate of drug-likeness (QED) is 0.485. The molecule has 0 rings (SSSR count). The van der Waals surface area contributed by atoms with Crippen LogP contribution in [0.5, 0.6) is 0 Å². The van der Waals surface area contributed by atoms with Gasteiger partial charge in [0.05, 0.1) is 6.10 Å². The van der Waals surface area contributed by atoms with Crippen LogP contribution in [0.4, 0.5) is 17.7 Å². The Balaban J connectivity index is 0. The first-order chi connectivity index (χ1) is 4.86. The van der Waals surface area contributed by atoms with Gasteiger partial charge in [0, 0.05) is 0 Å². The molecule has 0 bridgehead atoms. The molecule has 0 aliphatic carbocycles. The first-order valence-electron chi connectivity index (χ1n) is 2.68. The van der Waals surface area contributed by atoms with E-state index in [9.17, 15) is 17.7 Å². The monoisotopic (exact) mass is 172 g/mol. The van der Waals surface area contributed by atoms with Gasteiger partial charge in [0.15, 0.2) is 0 Å². The highest BCUT2D eigenvalue weighted by Crippen LogP contribution is 1.85. The van der Waals surface area contributed by atoms with E-state index in [1.165, 1.54) is 0 Å². The molecule has 0 saturated carbocycles. The lowest BCUT2D eigenvalue weighted by Crippen LogP contribution is -2.07. The number of ether oxygens (including phenoxy) is 1. The summed E-state index contributed by atoms with van der Waals surface area (Å²) >= 11 is 0. The second-order valence-corrected chi connectivity index (χ2v) is 1.68. The van der Waals surface area contributed by atoms with Crippen LogP contribution in [-0.2, 0) is 4.74 Å². The lowest BCUT2D eigenvalue weighted by atomic mass is 10.5. The van der Waals surface area contributed by atoms with Gasteiger partial charge in [-0.3, -0.25) is 12.9 Å². The molecule has 0 heterocycles. The average molecular weight is 172 g/mol. The number of carbonyl (C=O) groups is 1. The normalized spacial score (nSPS) is 8.18. The van der Waals surface area contributed by atoms with Crippen molar-refractivity contribution in [3.8, 4) is 0 Å². The molecule has 0 unspecified atom stereocenters. The smallest absolute Gasteiger partial charge is 0.450 e. The standard InChI is InChI=1S/C4H8O3.BF3/c1-3(2)7-4(5)6;2-1(3)4/h3H,1-2H3,(H,5,6);. The Morgan fingerprint density at radius 2 is 1.73 bits per heavy atom. The molecule has 0 fully saturated rings. The summed E-state index contributed by atoms with van der Waals surface area (Å²) in [5, 5.41) is 7.86. The first kappa shape index (κ1) is 12.8. The molecule has 0 saturated heterocycles. The molecule has 7 heteroatoms. The summed E-state index contributed by atoms with van der Waals surface area (Å²) in [7, 11) is -3.67. The lowest BCUT2D eigenvalue weighted by Gasteiger charge is -1.99. The number of carboxylic acid groups (broad SMARTS) is 1. The van der Waals surface area contributed by atoms with E-state index in [0.717, 1.165) is 0 Å². The zero-order valence-corrected chi connectivity index (χ0v) is 6.05. The molecule has 0 radical (unpaired) electrons. The maximum atomic E-state index is 9.67. The van der Waals surface area contributed by atoms with Crippen LogP contribution >= 0.6 is 0 Å². The van der Waals surface area contributed by atoms with Crippen molar-refractivity contribution in [1.29, 1.82) is 0 Å². The predicted molar refractivity (Wildman–Crippen MR) is 33.3 cm³/mol. The SMILES string of the molecule is CC(C)OC(=O)O.FB(F)F. The molecule has 0 spiro atoms. The fourth-order valence-electron chi connectivity index (χ4n) is 0.202. The van der Waals surface area contributed by atoms with Gasteiger partial charge in [-0.1, -0.05) is 0 Å². The summed E-state index contributed by atoms with van der Waals surface area (Å²) in [6.07, 6.45) is -1.44. The highest BCUT2D eigenvalue weighted by atomic mass is 19.4. The molecule has 1 N–H and O–H groups in total. The zero-order valence-electron chi connectivity index (χ0n) is 6.05. The van der Waals surface area contributed by atoms with Crippen LogP contribution in [0.2, 0.25) is 0 Å². The molecule has 3 nitrogen and oxygen atoms in total. The molecule has 0 atom stereocenters. The van der Waals surface area contributed by atoms with Crippen molar-refractivity contribution in [2.45, 2.75) is 20.0 Å². The lowest BCUT2D eigenvalue weighted by molar-refractivity contribution is 0.0660. The molecule has 0 aromatic carbocycles. The molecule has 0 amide bonds. The van der Waals surface area contributed by atoms with Crippen LogP contribution in [-0.4, -0.2) is 24.9 Å². The van der Waals surface area contributed by atoms with E-state index in [1.54, 1.807) is 13.8 Å². The third-order valence-electron chi connectivity index (χ3n) is 0.337. The van der Waals surface area contributed by atoms with Crippen LogP contribution in [0.1, 0.15) is 13.8 Å². The minimum absolute atomic E-state index is 0.225. The van der Waals surface area contributed by atoms with E-state index in [2.05, 4.69) is 4.74 Å². The molecule has 0 aromatic heterocycles. The Hall–Kier alpha value is -0.875. The van der Waals surface area contributed by atoms with Gasteiger partial charge in [0.2, 0.25) is 0 Å². The molecule has 11 heavy (non-hydrogen) atoms. The Morgan fingerprint density at radius 3 is 1.73 bits per heavy atom. The van der Waals surface area contributed by atoms with Gasteiger partial charge >= 0.3 is 13.7 Å². The van der Waals surface area contributed by atoms with Crippen LogP contribution in [0, 0.1) is 0 Å². The van der Waals surface area contributed by atoms with Gasteiger partial charge in [-0.05, 0) is 13.8 Å². The van der Waals surface area contributed by atoms with Gasteiger partial charge < -0.3 is 9.84 Å². The van der Waals surface area contributed by atoms with Crippen molar-refractivity contribution >= 4 is 13.7 Å². The topological polar surface area (TPSA) is 46.5 Å². The number of halogens is 3. The molecule has 0 aromatic rings. The minimum atomic E-state index is -3.67. The van der Waals surface area contributed by atoms with Crippen LogP contribution in [0.15, 0.2) is 0 Å². The van der Waals surface area contributed by atoms with Crippen molar-refractivity contribution in [3.05, 3.63) is 0 Å². The van der Waals surface area contributed by atoms with Crippen LogP contribution in [0.25, 0.3) is 0 Å². The largest absolute Gasteiger partial charge is 0.762 e. The Morgan fingerprint density at radius 1 is 1.45 bits per heavy atom. The van der Waals surface area contributed by atoms with E-state index in [1.807, 2.05) is 0 Å². The molecular weight excluding hydrogens is 164 g/mol. The number of hydrogen-bond acceptors (Lipinski definition) is 2. The Bertz CT molecular complexity index is 106. The van der Waals surface area contributed by atoms with Crippen LogP contribution < -0.4 is 0 Å². The summed E-state index contributed by atoms with van der Waals surface area (Å²) in [6.45, 7) is 3.32. The van der Waals surface area contributed by atoms with Crippen molar-refractivity contribution in [1.82, 2.24) is 0 Å². The average Bonchev–Trinajstić information content (AvgIpc) is 1.56. The van der Waals surface area contributed by atoms with Gasteiger partial charge in [-0.15, -0.1) is 0 Å². The van der Waals surface area contributed by atoms with E-state index in [-0.39, 0.29) is 6.10 Å². The second-order valence-electron chi connectivity index (χ2n) is 1.68. The fourth-order valence-corrected chi connectivity index (χ4v) is 0.202. The van der Waals surface area contributed by atoms with Crippen molar-refractivity contribution in [2.75, 3.05) is 0 Å². The molecule has 66 valence electrons. The van der Waals surface area contributed by atoms with E-state index in [0.29, 0.717) is 0 Å². The molecular formula is C4H8BF3O3. The highest BCUT2D eigenvalue weighted by Gasteiger charge is 2.06. The highest BCUT2D eigenvalue weighted by molar-refractivity contribution is 6.33. The minimum Gasteiger partial charge on any atom is -0.450 e. The van der Waals surface area contributed by atoms with Gasteiger partial charge in [-0.2, -0.15) is 0 Å². The van der Waals surface area contributed by atoms with Crippen molar-refractivity contribution in [2.24, 2.45) is 0 Å². The number of rotatable bonds is 1. The predicted octanol–water partition coefficient (Wildman–Crippen LogP) is 1.97. The summed E-state index contributed by atoms with van der Waals surface area (Å²) in [6, 6.07) is 0. The van der Waals surface area contributed by atoms with Gasteiger partial charge in [-0.25, -0.2) is 4.79 Å². The first-order valence-corrected chi connectivity index (χ1v) is 2.68. The third-order valence-corrected chi connectivity index (χ3v) is 0.337. The molecule has 0 aliphatic rings.